The average Bonchev–Trinajstić information content (AvgIpc) is 3.30. The molecule has 0 bridgehead atoms. The molecule has 1 heterocycles. The van der Waals surface area contributed by atoms with Crippen molar-refractivity contribution in [3.63, 3.8) is 0 Å². The van der Waals surface area contributed by atoms with E-state index >= 15 is 0 Å². The van der Waals surface area contributed by atoms with Crippen LogP contribution in [0.1, 0.15) is 70.8 Å². The van der Waals surface area contributed by atoms with Gasteiger partial charge in [0, 0.05) is 11.8 Å². The third-order valence-electron chi connectivity index (χ3n) is 4.19. The standard InChI is InChI=1S/C19H27ClN2/c1-5-7-13(3)10-17(16(6-2)11-15-8-9-15)19-18(20)12-21-14(4)22-19/h10,12,15H,5-9,11H2,1-4H3/b13-10-,17-16-. The zero-order valence-electron chi connectivity index (χ0n) is 14.2. The molecule has 1 aliphatic carbocycles. The molecule has 0 aliphatic heterocycles. The summed E-state index contributed by atoms with van der Waals surface area (Å²) in [5.41, 5.74) is 5.02. The fraction of sp³-hybridized carbons (Fsp3) is 0.579. The lowest BCUT2D eigenvalue weighted by atomic mass is 9.95. The molecule has 0 spiro atoms. The van der Waals surface area contributed by atoms with Crippen molar-refractivity contribution in [1.29, 1.82) is 0 Å². The van der Waals surface area contributed by atoms with Crippen molar-refractivity contribution in [3.05, 3.63) is 40.0 Å². The molecule has 2 nitrogen and oxygen atoms in total. The molecule has 0 unspecified atom stereocenters. The number of allylic oxidation sites excluding steroid dienone is 4. The van der Waals surface area contributed by atoms with E-state index in [1.165, 1.54) is 36.0 Å². The van der Waals surface area contributed by atoms with E-state index in [9.17, 15) is 0 Å². The van der Waals surface area contributed by atoms with E-state index in [-0.39, 0.29) is 0 Å². The van der Waals surface area contributed by atoms with Crippen molar-refractivity contribution in [3.8, 4) is 0 Å². The van der Waals surface area contributed by atoms with Crippen LogP contribution in [-0.2, 0) is 0 Å². The van der Waals surface area contributed by atoms with Gasteiger partial charge < -0.3 is 0 Å². The highest BCUT2D eigenvalue weighted by Gasteiger charge is 2.24. The van der Waals surface area contributed by atoms with Crippen LogP contribution in [0.3, 0.4) is 0 Å². The fourth-order valence-electron chi connectivity index (χ4n) is 2.81. The Bertz CT molecular complexity index is 583. The summed E-state index contributed by atoms with van der Waals surface area (Å²) in [6.07, 6.45) is 11.3. The molecule has 0 saturated heterocycles. The Labute approximate surface area is 139 Å². The molecule has 22 heavy (non-hydrogen) atoms. The predicted octanol–water partition coefficient (Wildman–Crippen LogP) is 6.15. The molecule has 1 fully saturated rings. The van der Waals surface area contributed by atoms with E-state index in [1.54, 1.807) is 6.20 Å². The van der Waals surface area contributed by atoms with Crippen LogP contribution in [0.4, 0.5) is 0 Å². The van der Waals surface area contributed by atoms with Gasteiger partial charge in [0.1, 0.15) is 5.82 Å². The van der Waals surface area contributed by atoms with E-state index in [0.29, 0.717) is 5.02 Å². The van der Waals surface area contributed by atoms with Crippen molar-refractivity contribution in [2.75, 3.05) is 0 Å². The molecule has 1 aromatic heterocycles. The normalized spacial score (nSPS) is 16.7. The third kappa shape index (κ3) is 4.67. The topological polar surface area (TPSA) is 25.8 Å². The minimum absolute atomic E-state index is 0.655. The highest BCUT2D eigenvalue weighted by molar-refractivity contribution is 6.32. The maximum atomic E-state index is 6.42. The van der Waals surface area contributed by atoms with Gasteiger partial charge in [-0.25, -0.2) is 9.97 Å². The molecule has 120 valence electrons. The number of aryl methyl sites for hydroxylation is 1. The van der Waals surface area contributed by atoms with E-state index < -0.39 is 0 Å². The number of rotatable bonds is 7. The van der Waals surface area contributed by atoms with Crippen LogP contribution in [0, 0.1) is 12.8 Å². The Morgan fingerprint density at radius 2 is 2.09 bits per heavy atom. The minimum Gasteiger partial charge on any atom is -0.240 e. The van der Waals surface area contributed by atoms with Crippen molar-refractivity contribution >= 4 is 17.2 Å². The van der Waals surface area contributed by atoms with Gasteiger partial charge in [-0.05, 0) is 51.9 Å². The van der Waals surface area contributed by atoms with Crippen molar-refractivity contribution in [2.45, 2.75) is 66.2 Å². The Morgan fingerprint density at radius 3 is 2.68 bits per heavy atom. The van der Waals surface area contributed by atoms with Gasteiger partial charge in [0.05, 0.1) is 10.7 Å². The summed E-state index contributed by atoms with van der Waals surface area (Å²) in [7, 11) is 0. The summed E-state index contributed by atoms with van der Waals surface area (Å²) in [6, 6.07) is 0. The molecule has 0 amide bonds. The van der Waals surface area contributed by atoms with Gasteiger partial charge in [0.25, 0.3) is 0 Å². The smallest absolute Gasteiger partial charge is 0.125 e. The summed E-state index contributed by atoms with van der Waals surface area (Å²) in [6.45, 7) is 8.58. The van der Waals surface area contributed by atoms with Gasteiger partial charge in [0.2, 0.25) is 0 Å². The molecule has 0 atom stereocenters. The van der Waals surface area contributed by atoms with Crippen molar-refractivity contribution in [2.24, 2.45) is 5.92 Å². The molecule has 3 heteroatoms. The zero-order valence-corrected chi connectivity index (χ0v) is 15.0. The van der Waals surface area contributed by atoms with Crippen molar-refractivity contribution in [1.82, 2.24) is 9.97 Å². The Balaban J connectivity index is 2.50. The summed E-state index contributed by atoms with van der Waals surface area (Å²) in [5.74, 6) is 1.65. The molecule has 1 aliphatic rings. The first kappa shape index (κ1) is 17.2. The number of halogens is 1. The number of hydrogen-bond acceptors (Lipinski definition) is 2. The summed E-state index contributed by atoms with van der Waals surface area (Å²) in [5, 5.41) is 0.655. The lowest BCUT2D eigenvalue weighted by Gasteiger charge is -2.14. The monoisotopic (exact) mass is 318 g/mol. The zero-order chi connectivity index (χ0) is 16.1. The fourth-order valence-corrected chi connectivity index (χ4v) is 3.00. The van der Waals surface area contributed by atoms with Crippen LogP contribution < -0.4 is 0 Å². The highest BCUT2D eigenvalue weighted by atomic mass is 35.5. The number of aromatic nitrogens is 2. The van der Waals surface area contributed by atoms with Crippen LogP contribution in [0.5, 0.6) is 0 Å². The Kier molecular flexibility index (Phi) is 6.19. The molecule has 1 aromatic rings. The first-order chi connectivity index (χ1) is 10.5. The molecule has 2 rings (SSSR count). The third-order valence-corrected chi connectivity index (χ3v) is 4.47. The highest BCUT2D eigenvalue weighted by Crippen LogP contribution is 2.39. The molecule has 0 radical (unpaired) electrons. The van der Waals surface area contributed by atoms with Gasteiger partial charge in [-0.1, -0.05) is 49.1 Å². The SMILES string of the molecule is CCC/C(C)=C\C(=C(/CC)CC1CC1)c1nc(C)ncc1Cl. The molecule has 0 aromatic carbocycles. The van der Waals surface area contributed by atoms with Crippen molar-refractivity contribution < 1.29 is 0 Å². The second kappa shape index (κ2) is 7.92. The summed E-state index contributed by atoms with van der Waals surface area (Å²) < 4.78 is 0. The maximum absolute atomic E-state index is 6.42. The van der Waals surface area contributed by atoms with Gasteiger partial charge in [-0.15, -0.1) is 0 Å². The quantitative estimate of drug-likeness (QED) is 0.563. The van der Waals surface area contributed by atoms with E-state index in [0.717, 1.165) is 36.7 Å². The molecular weight excluding hydrogens is 292 g/mol. The predicted molar refractivity (Wildman–Crippen MR) is 95.0 cm³/mol. The summed E-state index contributed by atoms with van der Waals surface area (Å²) >= 11 is 6.42. The number of hydrogen-bond donors (Lipinski definition) is 0. The van der Waals surface area contributed by atoms with Crippen LogP contribution in [0.15, 0.2) is 23.4 Å². The van der Waals surface area contributed by atoms with Gasteiger partial charge in [-0.3, -0.25) is 0 Å². The van der Waals surface area contributed by atoms with E-state index in [2.05, 4.69) is 36.8 Å². The molecule has 0 N–H and O–H groups in total. The average molecular weight is 319 g/mol. The lowest BCUT2D eigenvalue weighted by Crippen LogP contribution is -1.99. The Morgan fingerprint density at radius 1 is 1.36 bits per heavy atom. The minimum atomic E-state index is 0.655. The van der Waals surface area contributed by atoms with Crippen LogP contribution in [-0.4, -0.2) is 9.97 Å². The molecule has 1 saturated carbocycles. The first-order valence-corrected chi connectivity index (χ1v) is 8.81. The van der Waals surface area contributed by atoms with Gasteiger partial charge in [-0.2, -0.15) is 0 Å². The maximum Gasteiger partial charge on any atom is 0.125 e. The van der Waals surface area contributed by atoms with Gasteiger partial charge >= 0.3 is 0 Å². The second-order valence-corrected chi connectivity index (χ2v) is 6.78. The van der Waals surface area contributed by atoms with E-state index in [4.69, 9.17) is 11.6 Å². The van der Waals surface area contributed by atoms with Crippen LogP contribution in [0.2, 0.25) is 5.02 Å². The van der Waals surface area contributed by atoms with E-state index in [1.807, 2.05) is 6.92 Å². The Hall–Kier alpha value is -1.15. The van der Waals surface area contributed by atoms with Crippen LogP contribution in [0.25, 0.3) is 5.57 Å². The first-order valence-electron chi connectivity index (χ1n) is 8.43. The van der Waals surface area contributed by atoms with Crippen LogP contribution >= 0.6 is 11.6 Å². The molecular formula is C19H27ClN2. The lowest BCUT2D eigenvalue weighted by molar-refractivity contribution is 0.790. The number of nitrogens with zero attached hydrogens (tertiary/aromatic N) is 2. The summed E-state index contributed by atoms with van der Waals surface area (Å²) in [4.78, 5) is 8.85. The largest absolute Gasteiger partial charge is 0.240 e. The second-order valence-electron chi connectivity index (χ2n) is 6.37. The van der Waals surface area contributed by atoms with Gasteiger partial charge in [0.15, 0.2) is 0 Å².